The molecule has 0 unspecified atom stereocenters. The Bertz CT molecular complexity index is 349. The minimum absolute atomic E-state index is 0.0302. The van der Waals surface area contributed by atoms with Crippen molar-refractivity contribution in [3.05, 3.63) is 0 Å². The molecule has 0 aromatic carbocycles. The van der Waals surface area contributed by atoms with Gasteiger partial charge in [-0.25, -0.2) is 4.79 Å². The summed E-state index contributed by atoms with van der Waals surface area (Å²) in [5, 5.41) is 14.0. The molecule has 0 aliphatic heterocycles. The van der Waals surface area contributed by atoms with Crippen LogP contribution in [0.15, 0.2) is 0 Å². The maximum atomic E-state index is 11.8. The Morgan fingerprint density at radius 3 is 2.38 bits per heavy atom. The number of hydrogen-bond acceptors (Lipinski definition) is 5. The SMILES string of the molecule is CCNC(=O)CC[C@H](NC(=O)[C@@H](N)CCCCN)C(=O)O. The summed E-state index contributed by atoms with van der Waals surface area (Å²) in [6.07, 6.45) is 1.99. The van der Waals surface area contributed by atoms with Gasteiger partial charge in [0.05, 0.1) is 6.04 Å². The van der Waals surface area contributed by atoms with Gasteiger partial charge in [-0.1, -0.05) is 6.42 Å². The molecule has 0 saturated heterocycles. The van der Waals surface area contributed by atoms with Crippen molar-refractivity contribution in [3.63, 3.8) is 0 Å². The fraction of sp³-hybridized carbons (Fsp3) is 0.769. The number of hydrogen-bond donors (Lipinski definition) is 5. The zero-order chi connectivity index (χ0) is 16.3. The largest absolute Gasteiger partial charge is 0.480 e. The van der Waals surface area contributed by atoms with Gasteiger partial charge in [-0.15, -0.1) is 0 Å². The quantitative estimate of drug-likeness (QED) is 0.307. The van der Waals surface area contributed by atoms with E-state index in [2.05, 4.69) is 10.6 Å². The van der Waals surface area contributed by atoms with E-state index in [1.54, 1.807) is 6.92 Å². The minimum atomic E-state index is -1.18. The molecule has 0 heterocycles. The lowest BCUT2D eigenvalue weighted by atomic mass is 10.1. The summed E-state index contributed by atoms with van der Waals surface area (Å²) in [6.45, 7) is 2.78. The summed E-state index contributed by atoms with van der Waals surface area (Å²) in [7, 11) is 0. The highest BCUT2D eigenvalue weighted by Crippen LogP contribution is 2.02. The van der Waals surface area contributed by atoms with Crippen LogP contribution in [0.3, 0.4) is 0 Å². The molecule has 0 radical (unpaired) electrons. The Balaban J connectivity index is 4.26. The van der Waals surface area contributed by atoms with Crippen molar-refractivity contribution in [2.75, 3.05) is 13.1 Å². The number of carboxylic acid groups (broad SMARTS) is 1. The molecule has 0 bridgehead atoms. The van der Waals surface area contributed by atoms with Crippen LogP contribution in [-0.2, 0) is 14.4 Å². The zero-order valence-corrected chi connectivity index (χ0v) is 12.4. The van der Waals surface area contributed by atoms with Gasteiger partial charge >= 0.3 is 5.97 Å². The van der Waals surface area contributed by atoms with Gasteiger partial charge < -0.3 is 27.2 Å². The lowest BCUT2D eigenvalue weighted by molar-refractivity contribution is -0.142. The van der Waals surface area contributed by atoms with Crippen LogP contribution in [0.2, 0.25) is 0 Å². The Labute approximate surface area is 124 Å². The monoisotopic (exact) mass is 302 g/mol. The van der Waals surface area contributed by atoms with E-state index in [0.29, 0.717) is 25.9 Å². The molecule has 0 saturated carbocycles. The van der Waals surface area contributed by atoms with E-state index in [1.807, 2.05) is 0 Å². The van der Waals surface area contributed by atoms with Crippen molar-refractivity contribution < 1.29 is 19.5 Å². The predicted octanol–water partition coefficient (Wildman–Crippen LogP) is -1.07. The number of unbranched alkanes of at least 4 members (excludes halogenated alkanes) is 1. The normalized spacial score (nSPS) is 13.3. The van der Waals surface area contributed by atoms with Crippen molar-refractivity contribution in [2.45, 2.75) is 51.1 Å². The molecule has 8 heteroatoms. The van der Waals surface area contributed by atoms with Crippen LogP contribution < -0.4 is 22.1 Å². The molecule has 122 valence electrons. The minimum Gasteiger partial charge on any atom is -0.480 e. The molecular formula is C13H26N4O4. The van der Waals surface area contributed by atoms with Gasteiger partial charge in [0.25, 0.3) is 0 Å². The van der Waals surface area contributed by atoms with Crippen molar-refractivity contribution in [2.24, 2.45) is 11.5 Å². The van der Waals surface area contributed by atoms with Crippen LogP contribution in [-0.4, -0.2) is 48.1 Å². The lowest BCUT2D eigenvalue weighted by Crippen LogP contribution is -2.48. The van der Waals surface area contributed by atoms with Crippen LogP contribution in [0.5, 0.6) is 0 Å². The number of carbonyl (C=O) groups excluding carboxylic acids is 2. The third kappa shape index (κ3) is 8.98. The average Bonchev–Trinajstić information content (AvgIpc) is 2.43. The summed E-state index contributed by atoms with van der Waals surface area (Å²) in [5.41, 5.74) is 11.0. The second-order valence-electron chi connectivity index (χ2n) is 4.78. The molecule has 0 aromatic heterocycles. The standard InChI is InChI=1S/C13H26N4O4/c1-2-16-11(18)7-6-10(13(20)21)17-12(19)9(15)5-3-4-8-14/h9-10H,2-8,14-15H2,1H3,(H,16,18)(H,17,19)(H,20,21)/t9-,10-/m0/s1. The predicted molar refractivity (Wildman–Crippen MR) is 78.4 cm³/mol. The lowest BCUT2D eigenvalue weighted by Gasteiger charge is -2.17. The highest BCUT2D eigenvalue weighted by Gasteiger charge is 2.23. The maximum Gasteiger partial charge on any atom is 0.326 e. The van der Waals surface area contributed by atoms with Gasteiger partial charge in [-0.3, -0.25) is 9.59 Å². The van der Waals surface area contributed by atoms with E-state index < -0.39 is 24.0 Å². The van der Waals surface area contributed by atoms with Crippen LogP contribution in [0, 0.1) is 0 Å². The van der Waals surface area contributed by atoms with Crippen molar-refractivity contribution in [1.29, 1.82) is 0 Å². The van der Waals surface area contributed by atoms with Crippen molar-refractivity contribution in [1.82, 2.24) is 10.6 Å². The Morgan fingerprint density at radius 1 is 1.19 bits per heavy atom. The molecule has 0 aromatic rings. The van der Waals surface area contributed by atoms with E-state index in [0.717, 1.165) is 6.42 Å². The van der Waals surface area contributed by atoms with E-state index in [1.165, 1.54) is 0 Å². The van der Waals surface area contributed by atoms with Crippen molar-refractivity contribution in [3.8, 4) is 0 Å². The number of carboxylic acids is 1. The number of amides is 2. The Morgan fingerprint density at radius 2 is 1.86 bits per heavy atom. The molecule has 21 heavy (non-hydrogen) atoms. The van der Waals surface area contributed by atoms with Gasteiger partial charge in [-0.2, -0.15) is 0 Å². The summed E-state index contributed by atoms with van der Waals surface area (Å²) in [5.74, 6) is -1.94. The van der Waals surface area contributed by atoms with E-state index >= 15 is 0 Å². The van der Waals surface area contributed by atoms with Gasteiger partial charge in [0.2, 0.25) is 11.8 Å². The zero-order valence-electron chi connectivity index (χ0n) is 12.4. The van der Waals surface area contributed by atoms with Gasteiger partial charge in [-0.05, 0) is 32.7 Å². The molecule has 7 N–H and O–H groups in total. The molecule has 2 atom stereocenters. The van der Waals surface area contributed by atoms with Crippen LogP contribution >= 0.6 is 0 Å². The second kappa shape index (κ2) is 11.0. The summed E-state index contributed by atoms with van der Waals surface area (Å²) >= 11 is 0. The van der Waals surface area contributed by atoms with Crippen LogP contribution in [0.4, 0.5) is 0 Å². The Hall–Kier alpha value is -1.67. The third-order valence-corrected chi connectivity index (χ3v) is 2.95. The first-order valence-electron chi connectivity index (χ1n) is 7.17. The van der Waals surface area contributed by atoms with E-state index in [4.69, 9.17) is 16.6 Å². The van der Waals surface area contributed by atoms with E-state index in [9.17, 15) is 14.4 Å². The molecule has 8 nitrogen and oxygen atoms in total. The molecule has 0 spiro atoms. The first kappa shape index (κ1) is 19.3. The molecule has 2 amide bonds. The fourth-order valence-corrected chi connectivity index (χ4v) is 1.74. The number of nitrogens with two attached hydrogens (primary N) is 2. The summed E-state index contributed by atoms with van der Waals surface area (Å²) in [4.78, 5) is 34.2. The summed E-state index contributed by atoms with van der Waals surface area (Å²) in [6, 6.07) is -1.87. The van der Waals surface area contributed by atoms with Gasteiger partial charge in [0.1, 0.15) is 6.04 Å². The topological polar surface area (TPSA) is 148 Å². The van der Waals surface area contributed by atoms with Crippen LogP contribution in [0.1, 0.15) is 39.0 Å². The van der Waals surface area contributed by atoms with Gasteiger partial charge in [0, 0.05) is 13.0 Å². The highest BCUT2D eigenvalue weighted by molar-refractivity contribution is 5.87. The first-order chi connectivity index (χ1) is 9.92. The smallest absolute Gasteiger partial charge is 0.326 e. The van der Waals surface area contributed by atoms with Crippen molar-refractivity contribution >= 4 is 17.8 Å². The second-order valence-corrected chi connectivity index (χ2v) is 4.78. The van der Waals surface area contributed by atoms with Gasteiger partial charge in [0.15, 0.2) is 0 Å². The average molecular weight is 302 g/mol. The van der Waals surface area contributed by atoms with Crippen LogP contribution in [0.25, 0.3) is 0 Å². The molecule has 0 fully saturated rings. The molecule has 0 rings (SSSR count). The molecule has 0 aliphatic carbocycles. The maximum absolute atomic E-state index is 11.8. The number of aliphatic carboxylic acids is 1. The fourth-order valence-electron chi connectivity index (χ4n) is 1.74. The number of carbonyl (C=O) groups is 3. The highest BCUT2D eigenvalue weighted by atomic mass is 16.4. The number of nitrogens with one attached hydrogen (secondary N) is 2. The Kier molecular flexibility index (Phi) is 10.2. The summed E-state index contributed by atoms with van der Waals surface area (Å²) < 4.78 is 0. The third-order valence-electron chi connectivity index (χ3n) is 2.95. The molecule has 0 aliphatic rings. The number of rotatable bonds is 11. The van der Waals surface area contributed by atoms with E-state index in [-0.39, 0.29) is 18.7 Å². The first-order valence-corrected chi connectivity index (χ1v) is 7.17. The molecular weight excluding hydrogens is 276 g/mol.